The summed E-state index contributed by atoms with van der Waals surface area (Å²) in [6.45, 7) is 4.45. The van der Waals surface area contributed by atoms with E-state index in [1.54, 1.807) is 0 Å². The van der Waals surface area contributed by atoms with E-state index in [1.165, 1.54) is 0 Å². The first-order valence-electron chi connectivity index (χ1n) is 9.12. The fraction of sp³-hybridized carbons (Fsp3) is 0.350. The Morgan fingerprint density at radius 1 is 1.00 bits per heavy atom. The maximum absolute atomic E-state index is 12.6. The Bertz CT molecular complexity index is 756. The van der Waals surface area contributed by atoms with E-state index in [4.69, 9.17) is 0 Å². The summed E-state index contributed by atoms with van der Waals surface area (Å²) in [6.07, 6.45) is 0.703. The average molecular weight is 389 g/mol. The van der Waals surface area contributed by atoms with Crippen LogP contribution in [-0.2, 0) is 22.4 Å². The molecular formula is C20H28N3O3P. The van der Waals surface area contributed by atoms with Gasteiger partial charge in [0.2, 0.25) is 5.91 Å². The molecule has 0 heterocycles. The molecule has 0 aliphatic carbocycles. The summed E-state index contributed by atoms with van der Waals surface area (Å²) in [5.41, 5.74) is 1.87. The van der Waals surface area contributed by atoms with Crippen LogP contribution >= 0.6 is 7.67 Å². The van der Waals surface area contributed by atoms with E-state index in [2.05, 4.69) is 15.5 Å². The highest BCUT2D eigenvalue weighted by atomic mass is 31.2. The molecule has 0 radical (unpaired) electrons. The molecule has 2 aromatic rings. The molecule has 0 saturated heterocycles. The van der Waals surface area contributed by atoms with Crippen LogP contribution < -0.4 is 15.5 Å². The van der Waals surface area contributed by atoms with Gasteiger partial charge in [0, 0.05) is 13.1 Å². The third-order valence-electron chi connectivity index (χ3n) is 4.46. The zero-order valence-electron chi connectivity index (χ0n) is 15.8. The number of nitrogens with one attached hydrogen (secondary N) is 3. The van der Waals surface area contributed by atoms with Crippen molar-refractivity contribution in [3.63, 3.8) is 0 Å². The van der Waals surface area contributed by atoms with Gasteiger partial charge in [-0.25, -0.2) is 10.2 Å². The molecule has 0 fully saturated rings. The molecule has 146 valence electrons. The molecule has 0 saturated carbocycles. The highest BCUT2D eigenvalue weighted by Gasteiger charge is 2.31. The van der Waals surface area contributed by atoms with E-state index in [1.807, 2.05) is 74.5 Å². The second kappa shape index (κ2) is 10.4. The van der Waals surface area contributed by atoms with E-state index >= 15 is 0 Å². The van der Waals surface area contributed by atoms with Crippen molar-refractivity contribution in [1.29, 1.82) is 0 Å². The predicted octanol–water partition coefficient (Wildman–Crippen LogP) is 3.20. The van der Waals surface area contributed by atoms with Gasteiger partial charge in [0.15, 0.2) is 0 Å². The van der Waals surface area contributed by atoms with Gasteiger partial charge < -0.3 is 10.2 Å². The molecule has 2 aromatic carbocycles. The van der Waals surface area contributed by atoms with Crippen LogP contribution in [0.1, 0.15) is 31.4 Å². The van der Waals surface area contributed by atoms with Crippen LogP contribution in [0.5, 0.6) is 0 Å². The minimum Gasteiger partial charge on any atom is -0.351 e. The second-order valence-electron chi connectivity index (χ2n) is 6.59. The van der Waals surface area contributed by atoms with E-state index in [0.717, 1.165) is 11.1 Å². The lowest BCUT2D eigenvalue weighted by Gasteiger charge is -2.26. The summed E-state index contributed by atoms with van der Waals surface area (Å²) in [5.74, 6) is -0.385. The molecule has 4 N–H and O–H groups in total. The van der Waals surface area contributed by atoms with E-state index < -0.39 is 13.7 Å². The van der Waals surface area contributed by atoms with Crippen molar-refractivity contribution in [3.8, 4) is 0 Å². The largest absolute Gasteiger partial charge is 0.351 e. The standard InChI is InChI=1S/C20H28N3O3P/c1-3-16(2)19(20(24)21-14-17-10-6-4-7-11-17)23-27(25,26)22-15-18-12-8-5-9-13-18/h4-13,16,19H,3,14-15H2,1-2H3,(H,21,24)(H3,22,23,25,26)/t16-,19-/m0/s1. The third kappa shape index (κ3) is 7.27. The van der Waals surface area contributed by atoms with Crippen LogP contribution in [0.25, 0.3) is 0 Å². The van der Waals surface area contributed by atoms with E-state index in [-0.39, 0.29) is 18.4 Å². The number of carbonyl (C=O) groups excluding carboxylic acids is 1. The number of hydrogen-bond donors (Lipinski definition) is 4. The Kier molecular flexibility index (Phi) is 8.20. The van der Waals surface area contributed by atoms with Gasteiger partial charge in [-0.2, -0.15) is 0 Å². The smallest absolute Gasteiger partial charge is 0.339 e. The van der Waals surface area contributed by atoms with Crippen LogP contribution in [0.4, 0.5) is 0 Å². The van der Waals surface area contributed by atoms with Gasteiger partial charge in [0.1, 0.15) is 0 Å². The van der Waals surface area contributed by atoms with Gasteiger partial charge in [-0.3, -0.25) is 9.36 Å². The van der Waals surface area contributed by atoms with E-state index in [9.17, 15) is 14.3 Å². The van der Waals surface area contributed by atoms with Crippen molar-refractivity contribution in [1.82, 2.24) is 15.5 Å². The van der Waals surface area contributed by atoms with Crippen molar-refractivity contribution in [3.05, 3.63) is 71.8 Å². The van der Waals surface area contributed by atoms with Gasteiger partial charge >= 0.3 is 7.67 Å². The quantitative estimate of drug-likeness (QED) is 0.469. The Morgan fingerprint density at radius 2 is 1.52 bits per heavy atom. The highest BCUT2D eigenvalue weighted by Crippen LogP contribution is 2.32. The van der Waals surface area contributed by atoms with Gasteiger partial charge in [-0.05, 0) is 17.0 Å². The molecule has 0 spiro atoms. The monoisotopic (exact) mass is 389 g/mol. The lowest BCUT2D eigenvalue weighted by atomic mass is 9.99. The molecule has 0 aliphatic heterocycles. The first-order chi connectivity index (χ1) is 12.9. The van der Waals surface area contributed by atoms with Gasteiger partial charge in [-0.1, -0.05) is 80.9 Å². The molecule has 1 amide bonds. The SMILES string of the molecule is CC[C@H](C)[C@H](NP(=O)(O)NCc1ccccc1)C(=O)NCc1ccccc1. The molecule has 0 aromatic heterocycles. The number of benzene rings is 2. The molecule has 2 rings (SSSR count). The summed E-state index contributed by atoms with van der Waals surface area (Å²) in [5, 5.41) is 8.12. The van der Waals surface area contributed by atoms with Crippen molar-refractivity contribution in [2.24, 2.45) is 5.92 Å². The summed E-state index contributed by atoms with van der Waals surface area (Å²) in [4.78, 5) is 22.9. The topological polar surface area (TPSA) is 90.5 Å². The predicted molar refractivity (Wildman–Crippen MR) is 108 cm³/mol. The summed E-state index contributed by atoms with van der Waals surface area (Å²) >= 11 is 0. The number of amides is 1. The van der Waals surface area contributed by atoms with Crippen LogP contribution in [0.3, 0.4) is 0 Å². The molecule has 27 heavy (non-hydrogen) atoms. The van der Waals surface area contributed by atoms with Gasteiger partial charge in [0.05, 0.1) is 6.04 Å². The number of rotatable bonds is 10. The van der Waals surface area contributed by atoms with Crippen LogP contribution in [0.15, 0.2) is 60.7 Å². The molecule has 0 aliphatic rings. The lowest BCUT2D eigenvalue weighted by Crippen LogP contribution is -2.47. The minimum absolute atomic E-state index is 0.0974. The first-order valence-corrected chi connectivity index (χ1v) is 10.8. The second-order valence-corrected chi connectivity index (χ2v) is 8.32. The zero-order valence-corrected chi connectivity index (χ0v) is 16.7. The molecule has 0 bridgehead atoms. The molecule has 1 unspecified atom stereocenters. The highest BCUT2D eigenvalue weighted by molar-refractivity contribution is 7.53. The van der Waals surface area contributed by atoms with Crippen LogP contribution in [0.2, 0.25) is 0 Å². The molecule has 3 atom stereocenters. The average Bonchev–Trinajstić information content (AvgIpc) is 2.70. The fourth-order valence-electron chi connectivity index (χ4n) is 2.60. The molecule has 6 nitrogen and oxygen atoms in total. The fourth-order valence-corrected chi connectivity index (χ4v) is 3.84. The Hall–Kier alpha value is -1.98. The molecule has 7 heteroatoms. The Labute approximate surface area is 161 Å². The van der Waals surface area contributed by atoms with E-state index in [0.29, 0.717) is 13.0 Å². The maximum atomic E-state index is 12.6. The first kappa shape index (κ1) is 21.3. The Morgan fingerprint density at radius 3 is 2.04 bits per heavy atom. The lowest BCUT2D eigenvalue weighted by molar-refractivity contribution is -0.124. The van der Waals surface area contributed by atoms with Gasteiger partial charge in [-0.15, -0.1) is 0 Å². The van der Waals surface area contributed by atoms with Crippen molar-refractivity contribution in [2.45, 2.75) is 39.4 Å². The number of carbonyl (C=O) groups is 1. The third-order valence-corrected chi connectivity index (χ3v) is 5.67. The number of hydrogen-bond acceptors (Lipinski definition) is 2. The molecular weight excluding hydrogens is 361 g/mol. The normalized spacial score (nSPS) is 15.5. The van der Waals surface area contributed by atoms with Crippen LogP contribution in [0, 0.1) is 5.92 Å². The van der Waals surface area contributed by atoms with Crippen molar-refractivity contribution < 1.29 is 14.3 Å². The Balaban J connectivity index is 1.97. The minimum atomic E-state index is -3.89. The van der Waals surface area contributed by atoms with Crippen LogP contribution in [-0.4, -0.2) is 16.8 Å². The summed E-state index contributed by atoms with van der Waals surface area (Å²) in [7, 11) is -3.89. The van der Waals surface area contributed by atoms with Gasteiger partial charge in [0.25, 0.3) is 0 Å². The van der Waals surface area contributed by atoms with Crippen molar-refractivity contribution in [2.75, 3.05) is 0 Å². The van der Waals surface area contributed by atoms with Crippen molar-refractivity contribution >= 4 is 13.6 Å². The summed E-state index contributed by atoms with van der Waals surface area (Å²) in [6, 6.07) is 18.1. The zero-order chi connectivity index (χ0) is 19.7. The summed E-state index contributed by atoms with van der Waals surface area (Å²) < 4.78 is 12.6. The maximum Gasteiger partial charge on any atom is 0.339 e.